The summed E-state index contributed by atoms with van der Waals surface area (Å²) < 4.78 is 36.6. The molecule has 0 spiro atoms. The third-order valence-corrected chi connectivity index (χ3v) is 6.52. The van der Waals surface area contributed by atoms with Crippen molar-refractivity contribution in [3.63, 3.8) is 0 Å². The number of nitrogens with zero attached hydrogens (tertiary/aromatic N) is 1. The second-order valence-electron chi connectivity index (χ2n) is 6.89. The van der Waals surface area contributed by atoms with Crippen LogP contribution in [0.1, 0.15) is 21.9 Å². The summed E-state index contributed by atoms with van der Waals surface area (Å²) in [5.41, 5.74) is 1.46. The molecule has 2 aromatic carbocycles. The van der Waals surface area contributed by atoms with Gasteiger partial charge in [0.15, 0.2) is 5.76 Å². The standard InChI is InChI=1S/C23H18ClNO5S/c1-16-7-9-20(10-8-16)31(27,28)22-12-11-21(30-22)23(26)25(15-19-6-3-13-29-19)18-5-2-4-17(24)14-18/h2-14H,15H2,1H3. The number of sulfone groups is 1. The van der Waals surface area contributed by atoms with Gasteiger partial charge >= 0.3 is 0 Å². The average Bonchev–Trinajstić information content (AvgIpc) is 3.44. The van der Waals surface area contributed by atoms with Crippen LogP contribution in [0.15, 0.2) is 97.9 Å². The summed E-state index contributed by atoms with van der Waals surface area (Å²) in [5.74, 6) is -0.0892. The van der Waals surface area contributed by atoms with Gasteiger partial charge in [0, 0.05) is 10.7 Å². The topological polar surface area (TPSA) is 80.7 Å². The highest BCUT2D eigenvalue weighted by molar-refractivity contribution is 7.91. The van der Waals surface area contributed by atoms with Crippen LogP contribution in [0.5, 0.6) is 0 Å². The molecule has 4 rings (SSSR count). The third kappa shape index (κ3) is 4.42. The molecule has 2 heterocycles. The lowest BCUT2D eigenvalue weighted by atomic mass is 10.2. The van der Waals surface area contributed by atoms with Crippen LogP contribution in [-0.4, -0.2) is 14.3 Å². The third-order valence-electron chi connectivity index (χ3n) is 4.65. The number of rotatable bonds is 6. The van der Waals surface area contributed by atoms with Crippen molar-refractivity contribution in [2.24, 2.45) is 0 Å². The van der Waals surface area contributed by atoms with Gasteiger partial charge in [-0.3, -0.25) is 9.69 Å². The van der Waals surface area contributed by atoms with E-state index in [2.05, 4.69) is 0 Å². The molecule has 0 radical (unpaired) electrons. The predicted molar refractivity (Wildman–Crippen MR) is 116 cm³/mol. The molecule has 0 unspecified atom stereocenters. The van der Waals surface area contributed by atoms with Gasteiger partial charge in [-0.15, -0.1) is 0 Å². The number of carbonyl (C=O) groups is 1. The lowest BCUT2D eigenvalue weighted by Crippen LogP contribution is -2.30. The van der Waals surface area contributed by atoms with Crippen LogP contribution in [0.3, 0.4) is 0 Å². The van der Waals surface area contributed by atoms with Crippen molar-refractivity contribution in [1.29, 1.82) is 0 Å². The van der Waals surface area contributed by atoms with Crippen LogP contribution in [-0.2, 0) is 16.4 Å². The fourth-order valence-corrected chi connectivity index (χ4v) is 4.39. The second kappa shape index (κ2) is 8.45. The van der Waals surface area contributed by atoms with Crippen LogP contribution in [0.4, 0.5) is 5.69 Å². The minimum Gasteiger partial charge on any atom is -0.467 e. The number of anilines is 1. The van der Waals surface area contributed by atoms with Gasteiger partial charge in [-0.05, 0) is 61.5 Å². The molecule has 0 aliphatic heterocycles. The van der Waals surface area contributed by atoms with Gasteiger partial charge in [0.25, 0.3) is 5.91 Å². The number of halogens is 1. The Morgan fingerprint density at radius 2 is 1.77 bits per heavy atom. The van der Waals surface area contributed by atoms with Crippen LogP contribution in [0.25, 0.3) is 0 Å². The van der Waals surface area contributed by atoms with Gasteiger partial charge < -0.3 is 8.83 Å². The Kier molecular flexibility index (Phi) is 5.71. The molecule has 0 aliphatic rings. The minimum atomic E-state index is -3.89. The highest BCUT2D eigenvalue weighted by Crippen LogP contribution is 2.27. The van der Waals surface area contributed by atoms with E-state index in [1.54, 1.807) is 48.5 Å². The number of furan rings is 2. The molecule has 8 heteroatoms. The van der Waals surface area contributed by atoms with Crippen molar-refractivity contribution >= 4 is 33.0 Å². The smallest absolute Gasteiger partial charge is 0.294 e. The summed E-state index contributed by atoms with van der Waals surface area (Å²) in [7, 11) is -3.89. The van der Waals surface area contributed by atoms with Gasteiger partial charge in [0.1, 0.15) is 5.76 Å². The minimum absolute atomic E-state index is 0.0914. The highest BCUT2D eigenvalue weighted by atomic mass is 35.5. The second-order valence-corrected chi connectivity index (χ2v) is 9.20. The van der Waals surface area contributed by atoms with Gasteiger partial charge in [-0.2, -0.15) is 0 Å². The Bertz CT molecular complexity index is 1310. The molecule has 158 valence electrons. The van der Waals surface area contributed by atoms with E-state index in [9.17, 15) is 13.2 Å². The number of benzene rings is 2. The molecule has 0 saturated carbocycles. The number of carbonyl (C=O) groups excluding carboxylic acids is 1. The predicted octanol–water partition coefficient (Wildman–Crippen LogP) is 5.51. The van der Waals surface area contributed by atoms with E-state index < -0.39 is 15.7 Å². The lowest BCUT2D eigenvalue weighted by Gasteiger charge is -2.21. The van der Waals surface area contributed by atoms with Crippen LogP contribution >= 0.6 is 11.6 Å². The SMILES string of the molecule is Cc1ccc(S(=O)(=O)c2ccc(C(=O)N(Cc3ccco3)c3cccc(Cl)c3)o2)cc1. The summed E-state index contributed by atoms with van der Waals surface area (Å²) in [5, 5.41) is 0.153. The monoisotopic (exact) mass is 455 g/mol. The maximum Gasteiger partial charge on any atom is 0.294 e. The number of amides is 1. The van der Waals surface area contributed by atoms with Crippen molar-refractivity contribution in [3.8, 4) is 0 Å². The molecule has 0 aliphatic carbocycles. The zero-order valence-corrected chi connectivity index (χ0v) is 18.1. The quantitative estimate of drug-likeness (QED) is 0.382. The van der Waals surface area contributed by atoms with E-state index in [-0.39, 0.29) is 22.3 Å². The van der Waals surface area contributed by atoms with Crippen molar-refractivity contribution in [2.75, 3.05) is 4.90 Å². The first-order valence-corrected chi connectivity index (χ1v) is 11.2. The molecule has 4 aromatic rings. The Morgan fingerprint density at radius 3 is 2.45 bits per heavy atom. The number of hydrogen-bond acceptors (Lipinski definition) is 5. The van der Waals surface area contributed by atoms with Crippen molar-refractivity contribution in [2.45, 2.75) is 23.5 Å². The molecule has 2 aromatic heterocycles. The molecular formula is C23H18ClNO5S. The Hall–Kier alpha value is -3.29. The normalized spacial score (nSPS) is 11.4. The van der Waals surface area contributed by atoms with Crippen molar-refractivity contribution in [1.82, 2.24) is 0 Å². The first-order chi connectivity index (χ1) is 14.8. The fourth-order valence-electron chi connectivity index (χ4n) is 3.03. The van der Waals surface area contributed by atoms with Crippen LogP contribution in [0, 0.1) is 6.92 Å². The lowest BCUT2D eigenvalue weighted by molar-refractivity contribution is 0.0951. The van der Waals surface area contributed by atoms with E-state index in [0.29, 0.717) is 16.5 Å². The van der Waals surface area contributed by atoms with E-state index in [4.69, 9.17) is 20.4 Å². The van der Waals surface area contributed by atoms with Crippen LogP contribution in [0.2, 0.25) is 5.02 Å². The van der Waals surface area contributed by atoms with E-state index in [1.807, 2.05) is 6.92 Å². The largest absolute Gasteiger partial charge is 0.467 e. The number of hydrogen-bond donors (Lipinski definition) is 0. The van der Waals surface area contributed by atoms with E-state index in [0.717, 1.165) is 5.56 Å². The summed E-state index contributed by atoms with van der Waals surface area (Å²) in [4.78, 5) is 14.8. The maximum absolute atomic E-state index is 13.3. The zero-order chi connectivity index (χ0) is 22.0. The average molecular weight is 456 g/mol. The molecule has 31 heavy (non-hydrogen) atoms. The molecule has 0 N–H and O–H groups in total. The van der Waals surface area contributed by atoms with Crippen molar-refractivity contribution in [3.05, 3.63) is 101 Å². The summed E-state index contributed by atoms with van der Waals surface area (Å²) >= 11 is 6.10. The van der Waals surface area contributed by atoms with Gasteiger partial charge in [-0.25, -0.2) is 8.42 Å². The maximum atomic E-state index is 13.3. The first kappa shape index (κ1) is 21.0. The molecule has 0 saturated heterocycles. The highest BCUT2D eigenvalue weighted by Gasteiger charge is 2.27. The molecule has 0 bridgehead atoms. The first-order valence-electron chi connectivity index (χ1n) is 9.36. The van der Waals surface area contributed by atoms with E-state index in [1.165, 1.54) is 35.4 Å². The molecular weight excluding hydrogens is 438 g/mol. The Labute approximate surface area is 184 Å². The van der Waals surface area contributed by atoms with E-state index >= 15 is 0 Å². The van der Waals surface area contributed by atoms with Crippen LogP contribution < -0.4 is 4.90 Å². The molecule has 0 atom stereocenters. The molecule has 6 nitrogen and oxygen atoms in total. The van der Waals surface area contributed by atoms with Crippen molar-refractivity contribution < 1.29 is 22.0 Å². The number of aryl methyl sites for hydroxylation is 1. The summed E-state index contributed by atoms with van der Waals surface area (Å²) in [6.45, 7) is 1.98. The van der Waals surface area contributed by atoms with Gasteiger partial charge in [0.05, 0.1) is 17.7 Å². The molecule has 1 amide bonds. The zero-order valence-electron chi connectivity index (χ0n) is 16.5. The molecule has 0 fully saturated rings. The van der Waals surface area contributed by atoms with Gasteiger partial charge in [-0.1, -0.05) is 35.4 Å². The summed E-state index contributed by atoms with van der Waals surface area (Å²) in [6, 6.07) is 19.3. The van der Waals surface area contributed by atoms with Gasteiger partial charge in [0.2, 0.25) is 14.9 Å². The Balaban J connectivity index is 1.68. The fraction of sp³-hybridized carbons (Fsp3) is 0.0870. The summed E-state index contributed by atoms with van der Waals surface area (Å²) in [6.07, 6.45) is 1.51. The Morgan fingerprint density at radius 1 is 1.00 bits per heavy atom.